The van der Waals surface area contributed by atoms with Crippen molar-refractivity contribution in [2.75, 3.05) is 0 Å². The Morgan fingerprint density at radius 1 is 1.61 bits per heavy atom. The predicted octanol–water partition coefficient (Wildman–Crippen LogP) is 0.643. The van der Waals surface area contributed by atoms with Crippen LogP contribution in [-0.2, 0) is 6.54 Å². The van der Waals surface area contributed by atoms with E-state index in [1.54, 1.807) is 0 Å². The van der Waals surface area contributed by atoms with Crippen LogP contribution in [0, 0.1) is 22.5 Å². The van der Waals surface area contributed by atoms with Gasteiger partial charge in [0.1, 0.15) is 5.65 Å². The Hall–Kier alpha value is -2.88. The number of pyridine rings is 2. The van der Waals surface area contributed by atoms with E-state index in [0.717, 1.165) is 4.57 Å². The lowest BCUT2D eigenvalue weighted by atomic mass is 10.2. The molecule has 90 valence electrons. The van der Waals surface area contributed by atoms with Gasteiger partial charge in [-0.2, -0.15) is 0 Å². The zero-order chi connectivity index (χ0) is 13.3. The molecule has 0 saturated carbocycles. The predicted molar refractivity (Wildman–Crippen MR) is 63.2 cm³/mol. The molecule has 0 spiro atoms. The lowest BCUT2D eigenvalue weighted by Crippen LogP contribution is -2.23. The van der Waals surface area contributed by atoms with Crippen LogP contribution >= 0.6 is 0 Å². The number of fused-ring (bicyclic) bond motifs is 1. The summed E-state index contributed by atoms with van der Waals surface area (Å²) >= 11 is 0. The molecule has 2 aromatic rings. The molecule has 0 aliphatic carbocycles. The summed E-state index contributed by atoms with van der Waals surface area (Å²) in [6.45, 7) is -0.159. The highest BCUT2D eigenvalue weighted by atomic mass is 16.6. The molecule has 0 aliphatic rings. The molecule has 0 bridgehead atoms. The lowest BCUT2D eigenvalue weighted by Gasteiger charge is -2.07. The van der Waals surface area contributed by atoms with E-state index in [-0.39, 0.29) is 17.6 Å². The number of aromatic hydroxyl groups is 1. The largest absolute Gasteiger partial charge is 0.501 e. The Morgan fingerprint density at radius 2 is 2.33 bits per heavy atom. The Labute approximate surface area is 100 Å². The van der Waals surface area contributed by atoms with Crippen molar-refractivity contribution in [3.63, 3.8) is 0 Å². The van der Waals surface area contributed by atoms with Crippen molar-refractivity contribution < 1.29 is 10.0 Å². The van der Waals surface area contributed by atoms with Crippen molar-refractivity contribution in [3.8, 4) is 18.1 Å². The molecule has 7 nitrogen and oxygen atoms in total. The summed E-state index contributed by atoms with van der Waals surface area (Å²) in [5, 5.41) is 20.7. The van der Waals surface area contributed by atoms with Crippen LogP contribution in [0.2, 0.25) is 0 Å². The van der Waals surface area contributed by atoms with Gasteiger partial charge in [0, 0.05) is 6.20 Å². The smallest absolute Gasteiger partial charge is 0.376 e. The van der Waals surface area contributed by atoms with Crippen LogP contribution in [0.15, 0.2) is 23.1 Å². The van der Waals surface area contributed by atoms with Crippen molar-refractivity contribution >= 4 is 16.7 Å². The van der Waals surface area contributed by atoms with E-state index >= 15 is 0 Å². The molecule has 0 fully saturated rings. The topological polar surface area (TPSA) is 98.3 Å². The fourth-order valence-corrected chi connectivity index (χ4v) is 1.65. The second kappa shape index (κ2) is 4.18. The van der Waals surface area contributed by atoms with Crippen LogP contribution in [0.1, 0.15) is 0 Å². The van der Waals surface area contributed by atoms with Gasteiger partial charge < -0.3 is 5.11 Å². The molecule has 1 N–H and O–H groups in total. The Bertz CT molecular complexity index is 742. The van der Waals surface area contributed by atoms with E-state index in [4.69, 9.17) is 6.42 Å². The van der Waals surface area contributed by atoms with Gasteiger partial charge in [-0.1, -0.05) is 5.92 Å². The molecule has 2 aromatic heterocycles. The van der Waals surface area contributed by atoms with Crippen LogP contribution in [0.5, 0.6) is 5.75 Å². The number of hydrogen-bond acceptors (Lipinski definition) is 5. The molecule has 0 atom stereocenters. The molecule has 0 aliphatic heterocycles. The first-order valence-corrected chi connectivity index (χ1v) is 4.86. The number of terminal acetylenes is 1. The molecule has 0 aromatic carbocycles. The first kappa shape index (κ1) is 11.6. The highest BCUT2D eigenvalue weighted by Gasteiger charge is 2.25. The zero-order valence-corrected chi connectivity index (χ0v) is 9.03. The number of aromatic nitrogens is 2. The molecule has 0 radical (unpaired) electrons. The van der Waals surface area contributed by atoms with Crippen LogP contribution in [0.4, 0.5) is 5.69 Å². The summed E-state index contributed by atoms with van der Waals surface area (Å²) in [4.78, 5) is 25.6. The first-order valence-electron chi connectivity index (χ1n) is 4.86. The normalized spacial score (nSPS) is 10.2. The van der Waals surface area contributed by atoms with Gasteiger partial charge >= 0.3 is 11.2 Å². The van der Waals surface area contributed by atoms with E-state index in [2.05, 4.69) is 10.9 Å². The molecule has 0 unspecified atom stereocenters. The first-order chi connectivity index (χ1) is 8.57. The molecule has 18 heavy (non-hydrogen) atoms. The van der Waals surface area contributed by atoms with Gasteiger partial charge in [0.2, 0.25) is 5.75 Å². The van der Waals surface area contributed by atoms with Gasteiger partial charge in [-0.05, 0) is 12.1 Å². The second-order valence-electron chi connectivity index (χ2n) is 3.42. The summed E-state index contributed by atoms with van der Waals surface area (Å²) in [7, 11) is 0. The lowest BCUT2D eigenvalue weighted by molar-refractivity contribution is -0.387. The second-order valence-corrected chi connectivity index (χ2v) is 3.42. The number of hydrogen-bond donors (Lipinski definition) is 1. The van der Waals surface area contributed by atoms with Gasteiger partial charge in [0.05, 0.1) is 16.9 Å². The molecule has 0 amide bonds. The summed E-state index contributed by atoms with van der Waals surface area (Å²) in [6.07, 6.45) is 6.52. The number of nitrogens with zero attached hydrogens (tertiary/aromatic N) is 3. The summed E-state index contributed by atoms with van der Waals surface area (Å²) < 4.78 is 0.979. The van der Waals surface area contributed by atoms with Gasteiger partial charge in [-0.25, -0.2) is 4.98 Å². The van der Waals surface area contributed by atoms with E-state index in [1.807, 2.05) is 0 Å². The Kier molecular flexibility index (Phi) is 2.69. The third-order valence-corrected chi connectivity index (χ3v) is 2.40. The quantitative estimate of drug-likeness (QED) is 0.475. The highest BCUT2D eigenvalue weighted by Crippen LogP contribution is 2.29. The van der Waals surface area contributed by atoms with Crippen LogP contribution in [-0.4, -0.2) is 19.6 Å². The van der Waals surface area contributed by atoms with Crippen molar-refractivity contribution in [1.29, 1.82) is 0 Å². The van der Waals surface area contributed by atoms with Crippen LogP contribution in [0.3, 0.4) is 0 Å². The van der Waals surface area contributed by atoms with E-state index in [0.29, 0.717) is 0 Å². The van der Waals surface area contributed by atoms with Gasteiger partial charge in [-0.3, -0.25) is 19.5 Å². The van der Waals surface area contributed by atoms with E-state index < -0.39 is 21.9 Å². The molecular weight excluding hydrogens is 238 g/mol. The van der Waals surface area contributed by atoms with Crippen LogP contribution in [0.25, 0.3) is 11.0 Å². The molecule has 0 saturated heterocycles. The third kappa shape index (κ3) is 1.56. The van der Waals surface area contributed by atoms with E-state index in [9.17, 15) is 20.0 Å². The maximum absolute atomic E-state index is 11.9. The van der Waals surface area contributed by atoms with Crippen molar-refractivity contribution in [2.24, 2.45) is 0 Å². The maximum atomic E-state index is 11.9. The van der Waals surface area contributed by atoms with Crippen LogP contribution < -0.4 is 5.56 Å². The van der Waals surface area contributed by atoms with Crippen molar-refractivity contribution in [1.82, 2.24) is 9.55 Å². The SMILES string of the molecule is C#CCn1c(=O)c([N+](=O)[O-])c(O)c2cccnc21. The number of nitro groups is 1. The Balaban J connectivity index is 3.02. The van der Waals surface area contributed by atoms with Gasteiger partial charge in [-0.15, -0.1) is 6.42 Å². The van der Waals surface area contributed by atoms with E-state index in [1.165, 1.54) is 18.3 Å². The molecule has 2 heterocycles. The zero-order valence-electron chi connectivity index (χ0n) is 9.03. The highest BCUT2D eigenvalue weighted by molar-refractivity contribution is 5.85. The third-order valence-electron chi connectivity index (χ3n) is 2.40. The fourth-order valence-electron chi connectivity index (χ4n) is 1.65. The monoisotopic (exact) mass is 245 g/mol. The summed E-state index contributed by atoms with van der Waals surface area (Å²) in [5.74, 6) is 1.53. The molecule has 2 rings (SSSR count). The Morgan fingerprint density at radius 3 is 2.94 bits per heavy atom. The van der Waals surface area contributed by atoms with Gasteiger partial charge in [0.25, 0.3) is 0 Å². The summed E-state index contributed by atoms with van der Waals surface area (Å²) in [6, 6.07) is 2.92. The molecular formula is C11H7N3O4. The minimum atomic E-state index is -0.971. The molecule has 7 heteroatoms. The fraction of sp³-hybridized carbons (Fsp3) is 0.0909. The number of rotatable bonds is 2. The average Bonchev–Trinajstić information content (AvgIpc) is 2.34. The van der Waals surface area contributed by atoms with Gasteiger partial charge in [0.15, 0.2) is 0 Å². The minimum Gasteiger partial charge on any atom is -0.501 e. The average molecular weight is 245 g/mol. The summed E-state index contributed by atoms with van der Waals surface area (Å²) in [5.41, 5.74) is -1.75. The van der Waals surface area contributed by atoms with Crippen molar-refractivity contribution in [3.05, 3.63) is 38.8 Å². The minimum absolute atomic E-state index is 0.110. The van der Waals surface area contributed by atoms with Crippen molar-refractivity contribution in [2.45, 2.75) is 6.54 Å². The standard InChI is InChI=1S/C11H7N3O4/c1-2-6-13-10-7(4-3-5-12-10)9(15)8(11(13)16)14(17)18/h1,3-5,15H,6H2. The maximum Gasteiger partial charge on any atom is 0.376 e.